The standard InChI is InChI=1S/C22H31N5O.HI/c1-23-22(26-16-20-10-11-21(28-2)24-15-20)25-14-18-6-8-19(9-7-18)17-27-12-4-3-5-13-27;/h6-11,15H,3-5,12-14,16-17H2,1-2H3,(H2,23,25,26);1H. The van der Waals surface area contributed by atoms with Crippen LogP contribution in [0.3, 0.4) is 0 Å². The van der Waals surface area contributed by atoms with Crippen LogP contribution < -0.4 is 15.4 Å². The number of aliphatic imine (C=N–C) groups is 1. The van der Waals surface area contributed by atoms with Gasteiger partial charge in [0.05, 0.1) is 7.11 Å². The Morgan fingerprint density at radius 3 is 2.17 bits per heavy atom. The number of likely N-dealkylation sites (tertiary alicyclic amines) is 1. The summed E-state index contributed by atoms with van der Waals surface area (Å²) in [6.07, 6.45) is 5.85. The predicted molar refractivity (Wildman–Crippen MR) is 129 cm³/mol. The number of aromatic nitrogens is 1. The average molecular weight is 509 g/mol. The molecule has 6 nitrogen and oxygen atoms in total. The molecule has 0 unspecified atom stereocenters. The molecule has 2 N–H and O–H groups in total. The molecule has 158 valence electrons. The number of methoxy groups -OCH3 is 1. The van der Waals surface area contributed by atoms with Crippen LogP contribution in [0.4, 0.5) is 0 Å². The molecule has 1 aromatic carbocycles. The molecule has 2 heterocycles. The Hall–Kier alpha value is -1.87. The van der Waals surface area contributed by atoms with Crippen LogP contribution in [0, 0.1) is 0 Å². The van der Waals surface area contributed by atoms with E-state index in [9.17, 15) is 0 Å². The summed E-state index contributed by atoms with van der Waals surface area (Å²) in [4.78, 5) is 11.1. The van der Waals surface area contributed by atoms with Crippen molar-refractivity contribution in [2.45, 2.75) is 38.9 Å². The van der Waals surface area contributed by atoms with E-state index in [1.54, 1.807) is 20.4 Å². The molecule has 0 saturated carbocycles. The fraction of sp³-hybridized carbons (Fsp3) is 0.455. The zero-order chi connectivity index (χ0) is 19.6. The summed E-state index contributed by atoms with van der Waals surface area (Å²) in [7, 11) is 3.40. The maximum atomic E-state index is 5.08. The fourth-order valence-electron chi connectivity index (χ4n) is 3.37. The van der Waals surface area contributed by atoms with Crippen LogP contribution >= 0.6 is 24.0 Å². The highest BCUT2D eigenvalue weighted by atomic mass is 127. The van der Waals surface area contributed by atoms with E-state index < -0.39 is 0 Å². The van der Waals surface area contributed by atoms with Crippen LogP contribution in [0.5, 0.6) is 5.88 Å². The third kappa shape index (κ3) is 7.81. The third-order valence-electron chi connectivity index (χ3n) is 5.03. The molecular weight excluding hydrogens is 477 g/mol. The minimum absolute atomic E-state index is 0. The number of ether oxygens (including phenoxy) is 1. The highest BCUT2D eigenvalue weighted by Crippen LogP contribution is 2.13. The molecule has 0 spiro atoms. The van der Waals surface area contributed by atoms with E-state index in [0.717, 1.165) is 24.6 Å². The number of pyridine rings is 1. The highest BCUT2D eigenvalue weighted by Gasteiger charge is 2.10. The smallest absolute Gasteiger partial charge is 0.212 e. The number of piperidine rings is 1. The van der Waals surface area contributed by atoms with Crippen molar-refractivity contribution in [1.82, 2.24) is 20.5 Å². The number of nitrogens with one attached hydrogen (secondary N) is 2. The van der Waals surface area contributed by atoms with Crippen molar-refractivity contribution in [3.8, 4) is 5.88 Å². The third-order valence-corrected chi connectivity index (χ3v) is 5.03. The predicted octanol–water partition coefficient (Wildman–Crippen LogP) is 3.56. The molecular formula is C22H32IN5O. The first-order valence-corrected chi connectivity index (χ1v) is 10.0. The lowest BCUT2D eigenvalue weighted by molar-refractivity contribution is 0.221. The van der Waals surface area contributed by atoms with Gasteiger partial charge in [0, 0.05) is 38.9 Å². The average Bonchev–Trinajstić information content (AvgIpc) is 2.76. The number of rotatable bonds is 7. The van der Waals surface area contributed by atoms with Gasteiger partial charge in [-0.1, -0.05) is 36.8 Å². The van der Waals surface area contributed by atoms with Gasteiger partial charge >= 0.3 is 0 Å². The van der Waals surface area contributed by atoms with Crippen molar-refractivity contribution in [3.63, 3.8) is 0 Å². The van der Waals surface area contributed by atoms with Gasteiger partial charge in [-0.3, -0.25) is 9.89 Å². The molecule has 1 aliphatic rings. The molecule has 1 aliphatic heterocycles. The van der Waals surface area contributed by atoms with E-state index in [2.05, 4.69) is 49.8 Å². The molecule has 3 rings (SSSR count). The molecule has 0 bridgehead atoms. The molecule has 1 saturated heterocycles. The van der Waals surface area contributed by atoms with Gasteiger partial charge in [0.15, 0.2) is 5.96 Å². The van der Waals surface area contributed by atoms with Crippen LogP contribution in [-0.4, -0.2) is 43.1 Å². The number of benzene rings is 1. The molecule has 29 heavy (non-hydrogen) atoms. The van der Waals surface area contributed by atoms with Crippen molar-refractivity contribution in [2.75, 3.05) is 27.2 Å². The topological polar surface area (TPSA) is 61.8 Å². The minimum Gasteiger partial charge on any atom is -0.481 e. The van der Waals surface area contributed by atoms with E-state index in [4.69, 9.17) is 4.74 Å². The zero-order valence-corrected chi connectivity index (χ0v) is 19.7. The van der Waals surface area contributed by atoms with E-state index in [1.165, 1.54) is 43.5 Å². The molecule has 1 fully saturated rings. The van der Waals surface area contributed by atoms with E-state index in [-0.39, 0.29) is 24.0 Å². The van der Waals surface area contributed by atoms with E-state index in [1.807, 2.05) is 12.1 Å². The molecule has 1 aromatic heterocycles. The molecule has 0 atom stereocenters. The summed E-state index contributed by atoms with van der Waals surface area (Å²) >= 11 is 0. The zero-order valence-electron chi connectivity index (χ0n) is 17.4. The summed E-state index contributed by atoms with van der Waals surface area (Å²) in [6.45, 7) is 4.92. The second kappa shape index (κ2) is 12.6. The van der Waals surface area contributed by atoms with Crippen molar-refractivity contribution in [2.24, 2.45) is 4.99 Å². The van der Waals surface area contributed by atoms with Crippen molar-refractivity contribution in [3.05, 3.63) is 59.3 Å². The summed E-state index contributed by atoms with van der Waals surface area (Å²) < 4.78 is 5.08. The van der Waals surface area contributed by atoms with Crippen LogP contribution in [0.15, 0.2) is 47.6 Å². The lowest BCUT2D eigenvalue weighted by Crippen LogP contribution is -2.36. The van der Waals surface area contributed by atoms with Crippen LogP contribution in [-0.2, 0) is 19.6 Å². The maximum absolute atomic E-state index is 5.08. The van der Waals surface area contributed by atoms with Crippen LogP contribution in [0.1, 0.15) is 36.0 Å². The van der Waals surface area contributed by atoms with Gasteiger partial charge in [0.25, 0.3) is 0 Å². The minimum atomic E-state index is 0. The maximum Gasteiger partial charge on any atom is 0.212 e. The molecule has 0 radical (unpaired) electrons. The van der Waals surface area contributed by atoms with Gasteiger partial charge < -0.3 is 15.4 Å². The number of nitrogens with zero attached hydrogens (tertiary/aromatic N) is 3. The highest BCUT2D eigenvalue weighted by molar-refractivity contribution is 14.0. The van der Waals surface area contributed by atoms with Crippen molar-refractivity contribution >= 4 is 29.9 Å². The Labute approximate surface area is 191 Å². The fourth-order valence-corrected chi connectivity index (χ4v) is 3.37. The van der Waals surface area contributed by atoms with Crippen molar-refractivity contribution in [1.29, 1.82) is 0 Å². The summed E-state index contributed by atoms with van der Waals surface area (Å²) in [5, 5.41) is 6.67. The first kappa shape index (κ1) is 23.4. The molecule has 2 aromatic rings. The second-order valence-corrected chi connectivity index (χ2v) is 7.14. The number of halogens is 1. The van der Waals surface area contributed by atoms with Crippen LogP contribution in [0.2, 0.25) is 0 Å². The van der Waals surface area contributed by atoms with E-state index in [0.29, 0.717) is 12.4 Å². The Morgan fingerprint density at radius 1 is 0.966 bits per heavy atom. The normalized spacial score (nSPS) is 14.8. The van der Waals surface area contributed by atoms with Crippen molar-refractivity contribution < 1.29 is 4.74 Å². The Balaban J connectivity index is 0.00000300. The van der Waals surface area contributed by atoms with Gasteiger partial charge in [0.2, 0.25) is 5.88 Å². The lowest BCUT2D eigenvalue weighted by atomic mass is 10.1. The van der Waals surface area contributed by atoms with Gasteiger partial charge in [-0.2, -0.15) is 0 Å². The molecule has 7 heteroatoms. The van der Waals surface area contributed by atoms with Gasteiger partial charge in [-0.15, -0.1) is 24.0 Å². The SMILES string of the molecule is CN=C(NCc1ccc(CN2CCCCC2)cc1)NCc1ccc(OC)nc1.I. The monoisotopic (exact) mass is 509 g/mol. The Kier molecular flexibility index (Phi) is 10.2. The summed E-state index contributed by atoms with van der Waals surface area (Å²) in [5.41, 5.74) is 3.71. The molecule has 0 aliphatic carbocycles. The van der Waals surface area contributed by atoms with Gasteiger partial charge in [0.1, 0.15) is 0 Å². The Bertz CT molecular complexity index is 743. The van der Waals surface area contributed by atoms with Gasteiger partial charge in [-0.25, -0.2) is 4.98 Å². The first-order chi connectivity index (χ1) is 13.8. The largest absolute Gasteiger partial charge is 0.481 e. The summed E-state index contributed by atoms with van der Waals surface area (Å²) in [6, 6.07) is 12.7. The van der Waals surface area contributed by atoms with Gasteiger partial charge in [-0.05, 0) is 42.6 Å². The summed E-state index contributed by atoms with van der Waals surface area (Å²) in [5.74, 6) is 1.39. The van der Waals surface area contributed by atoms with E-state index >= 15 is 0 Å². The number of guanidine groups is 1. The Morgan fingerprint density at radius 2 is 1.59 bits per heavy atom. The number of hydrogen-bond donors (Lipinski definition) is 2. The molecule has 0 amide bonds. The first-order valence-electron chi connectivity index (χ1n) is 10.0. The quantitative estimate of drug-likeness (QED) is 0.340. The lowest BCUT2D eigenvalue weighted by Gasteiger charge is -2.26. The number of hydrogen-bond acceptors (Lipinski definition) is 4. The van der Waals surface area contributed by atoms with Crippen LogP contribution in [0.25, 0.3) is 0 Å². The second-order valence-electron chi connectivity index (χ2n) is 7.14.